The molecule has 0 bridgehead atoms. The molecule has 12 heteroatoms. The van der Waals surface area contributed by atoms with Crippen molar-refractivity contribution in [2.45, 2.75) is 31.7 Å². The van der Waals surface area contributed by atoms with Gasteiger partial charge >= 0.3 is 0 Å². The Morgan fingerprint density at radius 3 is 2.44 bits per heavy atom. The Hall–Kier alpha value is -3.80. The zero-order valence-electron chi connectivity index (χ0n) is 20.0. The number of nitrogens with zero attached hydrogens (tertiary/aromatic N) is 5. The lowest BCUT2D eigenvalue weighted by molar-refractivity contribution is -0.123. The van der Waals surface area contributed by atoms with Gasteiger partial charge in [0.15, 0.2) is 11.5 Å². The van der Waals surface area contributed by atoms with E-state index < -0.39 is 5.91 Å². The number of primary amides is 1. The number of morpholine rings is 1. The zero-order chi connectivity index (χ0) is 25.1. The standard InChI is InChI=1S/C24H30N8O4/c25-20(33)19-21(26-17-7-5-16(6-8-17)23(35)31-10-12-36-13-11-31)28-24(30-29-19)32-9-1-2-18(14-32)27-22(34)15-3-4-15/h5-8,15,18H,1-4,9-14H2,(H2,25,33)(H,27,34)(H,26,28,30)/t18-/m1/s1. The molecular weight excluding hydrogens is 464 g/mol. The van der Waals surface area contributed by atoms with Crippen molar-refractivity contribution in [3.05, 3.63) is 35.5 Å². The van der Waals surface area contributed by atoms with Crippen LogP contribution < -0.4 is 21.3 Å². The second-order valence-electron chi connectivity index (χ2n) is 9.35. The topological polar surface area (TPSA) is 156 Å². The highest BCUT2D eigenvalue weighted by Gasteiger charge is 2.32. The Labute approximate surface area is 208 Å². The highest BCUT2D eigenvalue weighted by molar-refractivity contribution is 5.97. The minimum atomic E-state index is -0.753. The van der Waals surface area contributed by atoms with E-state index in [2.05, 4.69) is 25.8 Å². The summed E-state index contributed by atoms with van der Waals surface area (Å²) in [6.07, 6.45) is 3.68. The molecule has 2 aliphatic heterocycles. The fourth-order valence-electron chi connectivity index (χ4n) is 4.43. The van der Waals surface area contributed by atoms with Crippen molar-refractivity contribution in [1.29, 1.82) is 0 Å². The quantitative estimate of drug-likeness (QED) is 0.504. The number of nitrogens with one attached hydrogen (secondary N) is 2. The molecule has 36 heavy (non-hydrogen) atoms. The Balaban J connectivity index is 1.29. The molecule has 2 saturated heterocycles. The van der Waals surface area contributed by atoms with Crippen molar-refractivity contribution in [2.75, 3.05) is 49.6 Å². The third-order valence-corrected chi connectivity index (χ3v) is 6.60. The number of hydrogen-bond acceptors (Lipinski definition) is 9. The first kappa shape index (κ1) is 23.9. The van der Waals surface area contributed by atoms with Crippen LogP contribution in [0.2, 0.25) is 0 Å². The number of anilines is 3. The van der Waals surface area contributed by atoms with Gasteiger partial charge in [-0.1, -0.05) is 0 Å². The average molecular weight is 495 g/mol. The second kappa shape index (κ2) is 10.4. The molecule has 3 heterocycles. The van der Waals surface area contributed by atoms with Crippen LogP contribution in [0.15, 0.2) is 24.3 Å². The summed E-state index contributed by atoms with van der Waals surface area (Å²) in [6.45, 7) is 3.48. The third-order valence-electron chi connectivity index (χ3n) is 6.60. The maximum Gasteiger partial charge on any atom is 0.273 e. The number of nitrogens with two attached hydrogens (primary N) is 1. The van der Waals surface area contributed by atoms with E-state index in [1.165, 1.54) is 0 Å². The van der Waals surface area contributed by atoms with Crippen LogP contribution in [-0.2, 0) is 9.53 Å². The SMILES string of the molecule is NC(=O)c1nnc(N2CCC[C@@H](NC(=O)C3CC3)C2)nc1Nc1ccc(C(=O)N2CCOCC2)cc1. The van der Waals surface area contributed by atoms with Gasteiger partial charge in [0, 0.05) is 49.4 Å². The average Bonchev–Trinajstić information content (AvgIpc) is 3.75. The van der Waals surface area contributed by atoms with E-state index in [-0.39, 0.29) is 35.3 Å². The van der Waals surface area contributed by atoms with E-state index in [9.17, 15) is 14.4 Å². The highest BCUT2D eigenvalue weighted by atomic mass is 16.5. The third kappa shape index (κ3) is 5.54. The first-order chi connectivity index (χ1) is 17.5. The molecule has 1 saturated carbocycles. The van der Waals surface area contributed by atoms with E-state index in [1.54, 1.807) is 29.2 Å². The molecule has 4 N–H and O–H groups in total. The summed E-state index contributed by atoms with van der Waals surface area (Å²) in [4.78, 5) is 45.1. The molecule has 12 nitrogen and oxygen atoms in total. The molecule has 190 valence electrons. The van der Waals surface area contributed by atoms with Crippen molar-refractivity contribution in [2.24, 2.45) is 11.7 Å². The van der Waals surface area contributed by atoms with Crippen LogP contribution in [0.25, 0.3) is 0 Å². The second-order valence-corrected chi connectivity index (χ2v) is 9.35. The molecule has 3 fully saturated rings. The largest absolute Gasteiger partial charge is 0.378 e. The summed E-state index contributed by atoms with van der Waals surface area (Å²) < 4.78 is 5.31. The number of aromatic nitrogens is 3. The molecule has 1 atom stereocenters. The fraction of sp³-hybridized carbons (Fsp3) is 0.500. The van der Waals surface area contributed by atoms with Crippen LogP contribution in [-0.4, -0.2) is 83.2 Å². The Morgan fingerprint density at radius 2 is 1.75 bits per heavy atom. The molecule has 5 rings (SSSR count). The van der Waals surface area contributed by atoms with Gasteiger partial charge < -0.3 is 30.9 Å². The number of carbonyl (C=O) groups excluding carboxylic acids is 3. The lowest BCUT2D eigenvalue weighted by Crippen LogP contribution is -2.48. The monoisotopic (exact) mass is 494 g/mol. The van der Waals surface area contributed by atoms with Crippen LogP contribution in [0.4, 0.5) is 17.5 Å². The number of amides is 3. The Morgan fingerprint density at radius 1 is 1.00 bits per heavy atom. The van der Waals surface area contributed by atoms with Crippen LogP contribution in [0, 0.1) is 5.92 Å². The van der Waals surface area contributed by atoms with Crippen molar-refractivity contribution in [1.82, 2.24) is 25.4 Å². The number of hydrogen-bond donors (Lipinski definition) is 3. The smallest absolute Gasteiger partial charge is 0.273 e. The van der Waals surface area contributed by atoms with Crippen LogP contribution in [0.3, 0.4) is 0 Å². The molecule has 2 aromatic rings. The van der Waals surface area contributed by atoms with Gasteiger partial charge in [-0.3, -0.25) is 14.4 Å². The number of ether oxygens (including phenoxy) is 1. The summed E-state index contributed by atoms with van der Waals surface area (Å²) in [5, 5.41) is 14.4. The summed E-state index contributed by atoms with van der Waals surface area (Å²) in [5.74, 6) is -0.00303. The summed E-state index contributed by atoms with van der Waals surface area (Å²) >= 11 is 0. The van der Waals surface area contributed by atoms with Crippen molar-refractivity contribution in [3.63, 3.8) is 0 Å². The molecule has 1 aromatic heterocycles. The maximum atomic E-state index is 12.7. The van der Waals surface area contributed by atoms with Crippen molar-refractivity contribution in [3.8, 4) is 0 Å². The predicted molar refractivity (Wildman–Crippen MR) is 131 cm³/mol. The highest BCUT2D eigenvalue weighted by Crippen LogP contribution is 2.29. The van der Waals surface area contributed by atoms with Crippen LogP contribution in [0.1, 0.15) is 46.5 Å². The van der Waals surface area contributed by atoms with E-state index in [1.807, 2.05) is 4.90 Å². The lowest BCUT2D eigenvalue weighted by atomic mass is 10.1. The zero-order valence-corrected chi connectivity index (χ0v) is 20.0. The minimum Gasteiger partial charge on any atom is -0.378 e. The van der Waals surface area contributed by atoms with Gasteiger partial charge in [0.1, 0.15) is 0 Å². The Kier molecular flexibility index (Phi) is 6.94. The molecule has 1 aliphatic carbocycles. The van der Waals surface area contributed by atoms with E-state index in [4.69, 9.17) is 10.5 Å². The van der Waals surface area contributed by atoms with Gasteiger partial charge in [0.25, 0.3) is 11.8 Å². The number of piperidine rings is 1. The minimum absolute atomic E-state index is 0.0132. The first-order valence-electron chi connectivity index (χ1n) is 12.3. The number of rotatable bonds is 7. The molecular formula is C24H30N8O4. The van der Waals surface area contributed by atoms with Crippen molar-refractivity contribution >= 4 is 35.2 Å². The van der Waals surface area contributed by atoms with Crippen LogP contribution >= 0.6 is 0 Å². The van der Waals surface area contributed by atoms with Gasteiger partial charge in [-0.05, 0) is 49.9 Å². The van der Waals surface area contributed by atoms with E-state index in [0.717, 1.165) is 25.7 Å². The molecule has 0 spiro atoms. The van der Waals surface area contributed by atoms with Crippen molar-refractivity contribution < 1.29 is 19.1 Å². The van der Waals surface area contributed by atoms with E-state index in [0.29, 0.717) is 56.6 Å². The summed E-state index contributed by atoms with van der Waals surface area (Å²) in [5.41, 5.74) is 6.61. The van der Waals surface area contributed by atoms with Crippen LogP contribution in [0.5, 0.6) is 0 Å². The Bertz CT molecular complexity index is 1130. The normalized spacial score (nSPS) is 20.1. The molecule has 0 radical (unpaired) electrons. The maximum absolute atomic E-state index is 12.7. The number of carbonyl (C=O) groups is 3. The van der Waals surface area contributed by atoms with Gasteiger partial charge in [-0.25, -0.2) is 0 Å². The van der Waals surface area contributed by atoms with Gasteiger partial charge in [0.2, 0.25) is 11.9 Å². The molecule has 1 aromatic carbocycles. The number of benzene rings is 1. The first-order valence-corrected chi connectivity index (χ1v) is 12.3. The molecule has 0 unspecified atom stereocenters. The van der Waals surface area contributed by atoms with Gasteiger partial charge in [0.05, 0.1) is 13.2 Å². The molecule has 3 aliphatic rings. The van der Waals surface area contributed by atoms with Gasteiger partial charge in [-0.15, -0.1) is 10.2 Å². The van der Waals surface area contributed by atoms with E-state index >= 15 is 0 Å². The predicted octanol–water partition coefficient (Wildman–Crippen LogP) is 0.682. The lowest BCUT2D eigenvalue weighted by Gasteiger charge is -2.33. The summed E-state index contributed by atoms with van der Waals surface area (Å²) in [7, 11) is 0. The fourth-order valence-corrected chi connectivity index (χ4v) is 4.43. The molecule has 3 amide bonds. The van der Waals surface area contributed by atoms with Gasteiger partial charge in [-0.2, -0.15) is 4.98 Å². The summed E-state index contributed by atoms with van der Waals surface area (Å²) in [6, 6.07) is 6.93.